The van der Waals surface area contributed by atoms with Crippen molar-refractivity contribution in [2.24, 2.45) is 0 Å². The van der Waals surface area contributed by atoms with Gasteiger partial charge in [0.1, 0.15) is 0 Å². The average molecular weight is 412 g/mol. The predicted octanol–water partition coefficient (Wildman–Crippen LogP) is 4.12. The predicted molar refractivity (Wildman–Crippen MR) is 115 cm³/mol. The van der Waals surface area contributed by atoms with Gasteiger partial charge in [0.25, 0.3) is 5.91 Å². The second-order valence-electron chi connectivity index (χ2n) is 6.82. The second-order valence-corrected chi connectivity index (χ2v) is 8.59. The third kappa shape index (κ3) is 5.13. The van der Waals surface area contributed by atoms with E-state index in [1.165, 1.54) is 12.1 Å². The third-order valence-electron chi connectivity index (χ3n) is 4.58. The number of aromatic nitrogens is 1. The lowest BCUT2D eigenvalue weighted by atomic mass is 10.1. The van der Waals surface area contributed by atoms with Crippen LogP contribution in [0.25, 0.3) is 5.69 Å². The molecule has 0 bridgehead atoms. The first-order valence-electron chi connectivity index (χ1n) is 9.56. The van der Waals surface area contributed by atoms with Crippen LogP contribution in [0.5, 0.6) is 0 Å². The van der Waals surface area contributed by atoms with E-state index in [1.54, 1.807) is 18.2 Å². The maximum atomic E-state index is 12.7. The molecule has 0 saturated heterocycles. The molecule has 6 nitrogen and oxygen atoms in total. The number of sulfonamides is 1. The van der Waals surface area contributed by atoms with Crippen LogP contribution in [0.4, 0.5) is 5.69 Å². The Hall–Kier alpha value is -2.90. The Kier molecular flexibility index (Phi) is 6.51. The average Bonchev–Trinajstić information content (AvgIpc) is 3.23. The van der Waals surface area contributed by atoms with E-state index in [0.29, 0.717) is 17.8 Å². The molecule has 0 radical (unpaired) electrons. The Bertz CT molecular complexity index is 1090. The SMILES string of the molecule is CCCCNS(=O)(=O)c1cccc(NC(=O)c2ccc(C)c(-n3cccc3)c2)c1. The van der Waals surface area contributed by atoms with Crippen molar-refractivity contribution in [2.45, 2.75) is 31.6 Å². The lowest BCUT2D eigenvalue weighted by Crippen LogP contribution is -2.24. The Balaban J connectivity index is 1.79. The van der Waals surface area contributed by atoms with Gasteiger partial charge in [-0.1, -0.05) is 25.5 Å². The van der Waals surface area contributed by atoms with Crippen molar-refractivity contribution in [3.8, 4) is 5.69 Å². The second kappa shape index (κ2) is 9.07. The zero-order valence-corrected chi connectivity index (χ0v) is 17.4. The number of amides is 1. The largest absolute Gasteiger partial charge is 0.324 e. The molecule has 7 heteroatoms. The molecular weight excluding hydrogens is 386 g/mol. The van der Waals surface area contributed by atoms with Gasteiger partial charge in [0.05, 0.1) is 4.90 Å². The zero-order chi connectivity index (χ0) is 20.9. The van der Waals surface area contributed by atoms with Gasteiger partial charge in [-0.15, -0.1) is 0 Å². The van der Waals surface area contributed by atoms with E-state index >= 15 is 0 Å². The van der Waals surface area contributed by atoms with Crippen LogP contribution >= 0.6 is 0 Å². The summed E-state index contributed by atoms with van der Waals surface area (Å²) in [4.78, 5) is 12.9. The summed E-state index contributed by atoms with van der Waals surface area (Å²) >= 11 is 0. The molecule has 0 aliphatic carbocycles. The van der Waals surface area contributed by atoms with Crippen LogP contribution < -0.4 is 10.0 Å². The molecular formula is C22H25N3O3S. The number of hydrogen-bond donors (Lipinski definition) is 2. The summed E-state index contributed by atoms with van der Waals surface area (Å²) < 4.78 is 29.3. The first-order valence-corrected chi connectivity index (χ1v) is 11.0. The topological polar surface area (TPSA) is 80.2 Å². The van der Waals surface area contributed by atoms with Crippen molar-refractivity contribution in [1.82, 2.24) is 9.29 Å². The maximum absolute atomic E-state index is 12.7. The van der Waals surface area contributed by atoms with E-state index in [0.717, 1.165) is 24.1 Å². The van der Waals surface area contributed by atoms with Gasteiger partial charge in [0, 0.05) is 35.9 Å². The normalized spacial score (nSPS) is 11.4. The van der Waals surface area contributed by atoms with Crippen LogP contribution in [0.3, 0.4) is 0 Å². The standard InChI is InChI=1S/C22H25N3O3S/c1-3-4-12-23-29(27,28)20-9-7-8-19(16-20)24-22(26)18-11-10-17(2)21(15-18)25-13-5-6-14-25/h5-11,13-16,23H,3-4,12H2,1-2H3,(H,24,26). The van der Waals surface area contributed by atoms with Crippen molar-refractivity contribution in [3.63, 3.8) is 0 Å². The fourth-order valence-corrected chi connectivity index (χ4v) is 4.05. The molecule has 1 aromatic heterocycles. The van der Waals surface area contributed by atoms with E-state index in [4.69, 9.17) is 0 Å². The number of aryl methyl sites for hydroxylation is 1. The summed E-state index contributed by atoms with van der Waals surface area (Å²) in [6, 6.07) is 15.6. The first-order chi connectivity index (χ1) is 13.9. The van der Waals surface area contributed by atoms with Gasteiger partial charge in [-0.2, -0.15) is 0 Å². The molecule has 152 valence electrons. The highest BCUT2D eigenvalue weighted by Gasteiger charge is 2.15. The van der Waals surface area contributed by atoms with E-state index in [1.807, 2.05) is 55.1 Å². The van der Waals surface area contributed by atoms with Crippen molar-refractivity contribution in [2.75, 3.05) is 11.9 Å². The number of nitrogens with zero attached hydrogens (tertiary/aromatic N) is 1. The van der Waals surface area contributed by atoms with Gasteiger partial charge in [-0.25, -0.2) is 13.1 Å². The Morgan fingerprint density at radius 2 is 1.79 bits per heavy atom. The van der Waals surface area contributed by atoms with Gasteiger partial charge in [0.2, 0.25) is 10.0 Å². The van der Waals surface area contributed by atoms with E-state index in [-0.39, 0.29) is 10.8 Å². The van der Waals surface area contributed by atoms with Crippen LogP contribution in [0.1, 0.15) is 35.7 Å². The van der Waals surface area contributed by atoms with Crippen LogP contribution in [0.15, 0.2) is 71.9 Å². The zero-order valence-electron chi connectivity index (χ0n) is 16.6. The maximum Gasteiger partial charge on any atom is 0.255 e. The summed E-state index contributed by atoms with van der Waals surface area (Å²) in [5.41, 5.74) is 2.88. The molecule has 0 spiro atoms. The minimum Gasteiger partial charge on any atom is -0.324 e. The molecule has 1 heterocycles. The number of rotatable bonds is 8. The fraction of sp³-hybridized carbons (Fsp3) is 0.227. The van der Waals surface area contributed by atoms with Crippen molar-refractivity contribution >= 4 is 21.6 Å². The number of carbonyl (C=O) groups excluding carboxylic acids is 1. The van der Waals surface area contributed by atoms with Gasteiger partial charge in [-0.3, -0.25) is 4.79 Å². The molecule has 2 N–H and O–H groups in total. The highest BCUT2D eigenvalue weighted by atomic mass is 32.2. The number of unbranched alkanes of at least 4 members (excludes halogenated alkanes) is 1. The number of hydrogen-bond acceptors (Lipinski definition) is 3. The molecule has 0 aliphatic heterocycles. The van der Waals surface area contributed by atoms with E-state index in [2.05, 4.69) is 10.0 Å². The molecule has 0 fully saturated rings. The summed E-state index contributed by atoms with van der Waals surface area (Å²) in [6.07, 6.45) is 5.51. The first kappa shape index (κ1) is 20.8. The minimum absolute atomic E-state index is 0.128. The minimum atomic E-state index is -3.60. The van der Waals surface area contributed by atoms with E-state index in [9.17, 15) is 13.2 Å². The van der Waals surface area contributed by atoms with Gasteiger partial charge in [-0.05, 0) is 61.4 Å². The lowest BCUT2D eigenvalue weighted by molar-refractivity contribution is 0.102. The lowest BCUT2D eigenvalue weighted by Gasteiger charge is -2.12. The highest BCUT2D eigenvalue weighted by Crippen LogP contribution is 2.19. The number of anilines is 1. The number of carbonyl (C=O) groups is 1. The molecule has 3 rings (SSSR count). The van der Waals surface area contributed by atoms with Crippen LogP contribution in [-0.4, -0.2) is 25.4 Å². The number of benzene rings is 2. The monoisotopic (exact) mass is 411 g/mol. The summed E-state index contributed by atoms with van der Waals surface area (Å²) in [6.45, 7) is 4.37. The molecule has 29 heavy (non-hydrogen) atoms. The third-order valence-corrected chi connectivity index (χ3v) is 6.04. The Morgan fingerprint density at radius 1 is 1.03 bits per heavy atom. The van der Waals surface area contributed by atoms with E-state index < -0.39 is 10.0 Å². The molecule has 0 atom stereocenters. The molecule has 1 amide bonds. The smallest absolute Gasteiger partial charge is 0.255 e. The highest BCUT2D eigenvalue weighted by molar-refractivity contribution is 7.89. The van der Waals surface area contributed by atoms with Gasteiger partial charge in [0.15, 0.2) is 0 Å². The summed E-state index contributed by atoms with van der Waals surface area (Å²) in [5, 5.41) is 2.79. The van der Waals surface area contributed by atoms with Crippen molar-refractivity contribution in [1.29, 1.82) is 0 Å². The summed E-state index contributed by atoms with van der Waals surface area (Å²) in [7, 11) is -3.60. The number of nitrogens with one attached hydrogen (secondary N) is 2. The molecule has 0 saturated carbocycles. The Morgan fingerprint density at radius 3 is 2.52 bits per heavy atom. The van der Waals surface area contributed by atoms with Crippen LogP contribution in [0.2, 0.25) is 0 Å². The quantitative estimate of drug-likeness (QED) is 0.547. The fourth-order valence-electron chi connectivity index (χ4n) is 2.93. The Labute approximate surface area is 171 Å². The van der Waals surface area contributed by atoms with Crippen LogP contribution in [-0.2, 0) is 10.0 Å². The molecule has 0 aliphatic rings. The van der Waals surface area contributed by atoms with Gasteiger partial charge < -0.3 is 9.88 Å². The van der Waals surface area contributed by atoms with Crippen LogP contribution in [0, 0.1) is 6.92 Å². The van der Waals surface area contributed by atoms with Crippen molar-refractivity contribution in [3.05, 3.63) is 78.1 Å². The molecule has 3 aromatic rings. The molecule has 0 unspecified atom stereocenters. The summed E-state index contributed by atoms with van der Waals surface area (Å²) in [5.74, 6) is -0.299. The van der Waals surface area contributed by atoms with Gasteiger partial charge >= 0.3 is 0 Å². The molecule has 2 aromatic carbocycles. The van der Waals surface area contributed by atoms with Crippen molar-refractivity contribution < 1.29 is 13.2 Å².